The van der Waals surface area contributed by atoms with E-state index in [1.54, 1.807) is 0 Å². The summed E-state index contributed by atoms with van der Waals surface area (Å²) in [4.78, 5) is 2.81. The van der Waals surface area contributed by atoms with Crippen molar-refractivity contribution < 1.29 is 4.74 Å². The molecule has 2 bridgehead atoms. The van der Waals surface area contributed by atoms with E-state index in [0.29, 0.717) is 12.0 Å². The summed E-state index contributed by atoms with van der Waals surface area (Å²) < 4.78 is 8.50. The molecule has 1 saturated carbocycles. The third-order valence-corrected chi connectivity index (χ3v) is 7.19. The lowest BCUT2D eigenvalue weighted by atomic mass is 9.86. The Labute approximate surface area is 162 Å². The number of ether oxygens (including phenoxy) is 1. The molecule has 146 valence electrons. The minimum absolute atomic E-state index is 0.518. The predicted molar refractivity (Wildman–Crippen MR) is 109 cm³/mol. The van der Waals surface area contributed by atoms with Crippen LogP contribution in [0.15, 0.2) is 30.5 Å². The van der Waals surface area contributed by atoms with E-state index in [2.05, 4.69) is 45.9 Å². The molecule has 27 heavy (non-hydrogen) atoms. The van der Waals surface area contributed by atoms with Gasteiger partial charge in [-0.15, -0.1) is 0 Å². The maximum Gasteiger partial charge on any atom is 0.0682 e. The van der Waals surface area contributed by atoms with Crippen LogP contribution in [-0.4, -0.2) is 46.0 Å². The molecule has 4 heteroatoms. The third-order valence-electron chi connectivity index (χ3n) is 7.19. The molecule has 3 heterocycles. The Kier molecular flexibility index (Phi) is 4.95. The van der Waals surface area contributed by atoms with E-state index in [1.807, 2.05) is 6.20 Å². The first-order chi connectivity index (χ1) is 13.3. The van der Waals surface area contributed by atoms with E-state index >= 15 is 0 Å². The van der Waals surface area contributed by atoms with Crippen LogP contribution in [0, 0.1) is 11.8 Å². The summed E-state index contributed by atoms with van der Waals surface area (Å²) in [6.45, 7) is 5.60. The molecule has 0 amide bonds. The van der Waals surface area contributed by atoms with Gasteiger partial charge in [0.2, 0.25) is 0 Å². The number of rotatable bonds is 7. The molecule has 4 atom stereocenters. The lowest BCUT2D eigenvalue weighted by Crippen LogP contribution is -2.47. The molecular formula is C23H33N3O. The molecule has 3 fully saturated rings. The summed E-state index contributed by atoms with van der Waals surface area (Å²) in [5.74, 6) is 1.48. The van der Waals surface area contributed by atoms with Crippen molar-refractivity contribution in [2.45, 2.75) is 76.6 Å². The number of hydrogen-bond acceptors (Lipinski definition) is 3. The van der Waals surface area contributed by atoms with Crippen LogP contribution in [0.25, 0.3) is 10.9 Å². The number of aromatic nitrogens is 2. The third kappa shape index (κ3) is 3.66. The van der Waals surface area contributed by atoms with Gasteiger partial charge >= 0.3 is 0 Å². The lowest BCUT2D eigenvalue weighted by Gasteiger charge is -2.40. The Hall–Kier alpha value is -1.39. The zero-order chi connectivity index (χ0) is 18.2. The van der Waals surface area contributed by atoms with Crippen molar-refractivity contribution in [2.75, 3.05) is 13.2 Å². The zero-order valence-electron chi connectivity index (χ0n) is 16.6. The quantitative estimate of drug-likeness (QED) is 0.722. The predicted octanol–water partition coefficient (Wildman–Crippen LogP) is 4.48. The minimum Gasteiger partial charge on any atom is -0.378 e. The van der Waals surface area contributed by atoms with Crippen molar-refractivity contribution in [3.05, 3.63) is 30.5 Å². The number of nitrogens with zero attached hydrogens (tertiary/aromatic N) is 3. The Balaban J connectivity index is 1.16. The van der Waals surface area contributed by atoms with Crippen molar-refractivity contribution in [2.24, 2.45) is 11.8 Å². The molecule has 0 spiro atoms. The van der Waals surface area contributed by atoms with Crippen molar-refractivity contribution in [1.82, 2.24) is 14.7 Å². The highest BCUT2D eigenvalue weighted by molar-refractivity contribution is 5.78. The Morgan fingerprint density at radius 2 is 1.85 bits per heavy atom. The van der Waals surface area contributed by atoms with Crippen LogP contribution >= 0.6 is 0 Å². The fourth-order valence-corrected chi connectivity index (χ4v) is 5.47. The first kappa shape index (κ1) is 17.7. The maximum absolute atomic E-state index is 6.31. The summed E-state index contributed by atoms with van der Waals surface area (Å²) in [7, 11) is 0. The summed E-state index contributed by atoms with van der Waals surface area (Å²) in [5, 5.41) is 5.87. The van der Waals surface area contributed by atoms with Gasteiger partial charge in [0.1, 0.15) is 0 Å². The highest BCUT2D eigenvalue weighted by atomic mass is 16.5. The van der Waals surface area contributed by atoms with Gasteiger partial charge in [-0.25, -0.2) is 0 Å². The molecular weight excluding hydrogens is 334 g/mol. The number of hydrogen-bond donors (Lipinski definition) is 0. The van der Waals surface area contributed by atoms with Gasteiger partial charge in [-0.2, -0.15) is 5.10 Å². The average Bonchev–Trinajstić information content (AvgIpc) is 3.12. The fraction of sp³-hybridized carbons (Fsp3) is 0.696. The van der Waals surface area contributed by atoms with Crippen LogP contribution in [0.3, 0.4) is 0 Å². The minimum atomic E-state index is 0.518. The summed E-state index contributed by atoms with van der Waals surface area (Å²) in [6, 6.07) is 10.0. The van der Waals surface area contributed by atoms with Gasteiger partial charge in [0, 0.05) is 37.2 Å². The molecule has 0 unspecified atom stereocenters. The van der Waals surface area contributed by atoms with Crippen LogP contribution in [0.4, 0.5) is 0 Å². The van der Waals surface area contributed by atoms with Gasteiger partial charge < -0.3 is 4.74 Å². The second-order valence-electron chi connectivity index (χ2n) is 9.30. The molecule has 0 radical (unpaired) electrons. The Morgan fingerprint density at radius 1 is 1.07 bits per heavy atom. The average molecular weight is 368 g/mol. The topological polar surface area (TPSA) is 30.3 Å². The van der Waals surface area contributed by atoms with Crippen molar-refractivity contribution in [3.8, 4) is 0 Å². The van der Waals surface area contributed by atoms with Crippen molar-refractivity contribution in [1.29, 1.82) is 0 Å². The van der Waals surface area contributed by atoms with Gasteiger partial charge in [0.15, 0.2) is 0 Å². The van der Waals surface area contributed by atoms with Crippen LogP contribution in [-0.2, 0) is 11.3 Å². The Morgan fingerprint density at radius 3 is 2.59 bits per heavy atom. The van der Waals surface area contributed by atoms with Crippen LogP contribution in [0.5, 0.6) is 0 Å². The van der Waals surface area contributed by atoms with E-state index < -0.39 is 0 Å². The maximum atomic E-state index is 6.31. The van der Waals surface area contributed by atoms with Gasteiger partial charge in [-0.1, -0.05) is 31.5 Å². The zero-order valence-corrected chi connectivity index (χ0v) is 16.6. The number of benzene rings is 1. The van der Waals surface area contributed by atoms with Crippen LogP contribution in [0.2, 0.25) is 0 Å². The lowest BCUT2D eigenvalue weighted by molar-refractivity contribution is -0.0449. The molecule has 1 aromatic carbocycles. The molecule has 1 aliphatic carbocycles. The summed E-state index contributed by atoms with van der Waals surface area (Å²) in [6.07, 6.45) is 12.0. The standard InChI is InChI=1S/C23H33N3O/c1-17(15-26-23-8-3-2-7-19(23)13-24-26)14-25-20-9-10-21(25)12-22(11-20)27-16-18-5-4-6-18/h2-3,7-8,13,17-18,20-22H,4-6,9-12,14-16H2,1H3/t17-,20-,21+,22+/m1/s1. The van der Waals surface area contributed by atoms with Gasteiger partial charge in [-0.3, -0.25) is 9.58 Å². The molecule has 2 saturated heterocycles. The normalized spacial score (nSPS) is 29.9. The van der Waals surface area contributed by atoms with Crippen molar-refractivity contribution in [3.63, 3.8) is 0 Å². The van der Waals surface area contributed by atoms with Gasteiger partial charge in [0.25, 0.3) is 0 Å². The molecule has 0 N–H and O–H groups in total. The molecule has 3 aliphatic rings. The van der Waals surface area contributed by atoms with E-state index in [-0.39, 0.29) is 0 Å². The van der Waals surface area contributed by atoms with Gasteiger partial charge in [0.05, 0.1) is 17.8 Å². The number of fused-ring (bicyclic) bond motifs is 3. The summed E-state index contributed by atoms with van der Waals surface area (Å²) in [5.41, 5.74) is 1.26. The second-order valence-corrected chi connectivity index (χ2v) is 9.30. The van der Waals surface area contributed by atoms with E-state index in [1.165, 1.54) is 62.4 Å². The van der Waals surface area contributed by atoms with Crippen molar-refractivity contribution >= 4 is 10.9 Å². The SMILES string of the molecule is C[C@H](CN1[C@@H]2CC[C@H]1C[C@@H](OCC1CCC1)C2)Cn1ncc2ccccc21. The number of para-hydroxylation sites is 1. The summed E-state index contributed by atoms with van der Waals surface area (Å²) >= 11 is 0. The first-order valence-corrected chi connectivity index (χ1v) is 11.0. The monoisotopic (exact) mass is 367 g/mol. The first-order valence-electron chi connectivity index (χ1n) is 11.0. The van der Waals surface area contributed by atoms with Crippen LogP contribution in [0.1, 0.15) is 51.9 Å². The Bertz CT molecular complexity index is 754. The molecule has 2 aromatic rings. The largest absolute Gasteiger partial charge is 0.378 e. The van der Waals surface area contributed by atoms with E-state index in [0.717, 1.165) is 31.2 Å². The van der Waals surface area contributed by atoms with E-state index in [4.69, 9.17) is 4.74 Å². The highest BCUT2D eigenvalue weighted by Crippen LogP contribution is 2.38. The van der Waals surface area contributed by atoms with Crippen LogP contribution < -0.4 is 0 Å². The molecule has 2 aliphatic heterocycles. The van der Waals surface area contributed by atoms with E-state index in [9.17, 15) is 0 Å². The van der Waals surface area contributed by atoms with Gasteiger partial charge in [-0.05, 0) is 56.4 Å². The molecule has 4 nitrogen and oxygen atoms in total. The molecule has 5 rings (SSSR count). The second kappa shape index (κ2) is 7.56. The smallest absolute Gasteiger partial charge is 0.0682 e. The molecule has 1 aromatic heterocycles. The highest BCUT2D eigenvalue weighted by Gasteiger charge is 2.41. The number of piperidine rings is 1. The fourth-order valence-electron chi connectivity index (χ4n) is 5.47.